The third-order valence-corrected chi connectivity index (χ3v) is 13.0. The van der Waals surface area contributed by atoms with Gasteiger partial charge in [0.15, 0.2) is 16.8 Å². The number of aliphatic imine (C=N–C) groups is 2. The number of hydrogen-bond donors (Lipinski definition) is 17. The van der Waals surface area contributed by atoms with Gasteiger partial charge in [-0.2, -0.15) is 0 Å². The Bertz CT molecular complexity index is 2790. The molecule has 474 valence electrons. The van der Waals surface area contributed by atoms with Crippen LogP contribution in [0.15, 0.2) is 33.1 Å². The van der Waals surface area contributed by atoms with Crippen molar-refractivity contribution in [1.82, 2.24) is 47.3 Å². The Hall–Kier alpha value is -9.40. The van der Waals surface area contributed by atoms with E-state index in [4.69, 9.17) is 28.7 Å². The predicted molar refractivity (Wildman–Crippen MR) is 296 cm³/mol. The molecule has 0 saturated heterocycles. The minimum Gasteiger partial charge on any atom is -0.481 e. The van der Waals surface area contributed by atoms with Crippen molar-refractivity contribution in [2.24, 2.45) is 50.5 Å². The Balaban J connectivity index is 3.65. The number of nitrogens with two attached hydrogens (primary N) is 5. The Labute approximate surface area is 485 Å². The van der Waals surface area contributed by atoms with Crippen LogP contribution in [0.25, 0.3) is 0 Å². The zero-order valence-electron chi connectivity index (χ0n) is 46.9. The van der Waals surface area contributed by atoms with Crippen molar-refractivity contribution in [3.63, 3.8) is 0 Å². The number of nitrogens with zero attached hydrogens (tertiary/aromatic N) is 4. The first-order chi connectivity index (χ1) is 39.5. The number of primary amides is 1. The van der Waals surface area contributed by atoms with Gasteiger partial charge in [0.05, 0.1) is 35.4 Å². The van der Waals surface area contributed by atoms with Crippen LogP contribution in [-0.4, -0.2) is 185 Å². The van der Waals surface area contributed by atoms with E-state index < -0.39 is 181 Å². The van der Waals surface area contributed by atoms with E-state index in [1.165, 1.54) is 13.8 Å². The van der Waals surface area contributed by atoms with Crippen molar-refractivity contribution >= 4 is 98.4 Å². The molecule has 38 nitrogen and oxygen atoms in total. The fourth-order valence-corrected chi connectivity index (χ4v) is 8.75. The highest BCUT2D eigenvalue weighted by Crippen LogP contribution is 2.28. The molecule has 0 heterocycles. The highest BCUT2D eigenvalue weighted by Gasteiger charge is 2.37. The normalized spacial score (nSPS) is 13.9. The van der Waals surface area contributed by atoms with Crippen LogP contribution >= 0.6 is 0 Å². The number of aliphatic carboxylic acids is 2. The maximum absolute atomic E-state index is 14.1. The summed E-state index contributed by atoms with van der Waals surface area (Å²) in [6.07, 6.45) is -3.00. The number of carbonyl (C=O) groups is 11. The molecule has 0 saturated carbocycles. The molecule has 0 radical (unpaired) electrons. The number of nitro benzene ring substituents is 2. The van der Waals surface area contributed by atoms with Gasteiger partial charge < -0.3 is 86.5 Å². The Kier molecular flexibility index (Phi) is 30.8. The van der Waals surface area contributed by atoms with Gasteiger partial charge in [-0.3, -0.25) is 83.0 Å². The molecule has 1 aromatic carbocycles. The van der Waals surface area contributed by atoms with Crippen molar-refractivity contribution in [1.29, 1.82) is 0 Å². The number of nitro groups is 2. The molecule has 22 N–H and O–H groups in total. The average molecular weight is 1230 g/mol. The van der Waals surface area contributed by atoms with Gasteiger partial charge >= 0.3 is 11.9 Å². The maximum Gasteiger partial charge on any atom is 0.305 e. The molecule has 0 fully saturated rings. The van der Waals surface area contributed by atoms with Gasteiger partial charge in [0.2, 0.25) is 63.2 Å². The SMILES string of the molecule is CC(=O)N[C@@H](CCCN=C(N)N)C(=O)NC(CNS(=O)(=O)c1ccc([N+](=O)[O-])cc1[N+](=O)[O-])C(=O)N[C@@H](CC(=O)O)C(=O)N[C@@H](CC(C)C)C(=O)N[C@@H](CC(=O)O)C(=O)N[C@@H](CO)C(=O)N[C@@H](CC(C)C)C(=O)N[C@@H](CCCN=C(N)N)C(N)=O. The third-order valence-electron chi connectivity index (χ3n) is 11.5. The fourth-order valence-electron chi connectivity index (χ4n) is 7.55. The number of aliphatic hydroxyl groups excluding tert-OH is 1. The minimum atomic E-state index is -5.17. The second-order valence-corrected chi connectivity index (χ2v) is 21.4. The van der Waals surface area contributed by atoms with Crippen LogP contribution in [0.5, 0.6) is 0 Å². The van der Waals surface area contributed by atoms with Crippen LogP contribution in [0.1, 0.15) is 86.0 Å². The minimum absolute atomic E-state index is 0.00614. The molecular formula is C46H74N18O20S. The molecule has 0 aliphatic rings. The van der Waals surface area contributed by atoms with E-state index >= 15 is 0 Å². The van der Waals surface area contributed by atoms with Crippen LogP contribution < -0.4 is 75.9 Å². The quantitative estimate of drug-likeness (QED) is 0.00958. The first-order valence-corrected chi connectivity index (χ1v) is 27.2. The molecule has 9 amide bonds. The van der Waals surface area contributed by atoms with E-state index in [0.29, 0.717) is 18.2 Å². The van der Waals surface area contributed by atoms with Crippen molar-refractivity contribution in [3.8, 4) is 0 Å². The molecule has 8 atom stereocenters. The van der Waals surface area contributed by atoms with E-state index in [9.17, 15) is 96.7 Å². The highest BCUT2D eigenvalue weighted by molar-refractivity contribution is 7.89. The van der Waals surface area contributed by atoms with E-state index in [1.54, 1.807) is 13.8 Å². The zero-order chi connectivity index (χ0) is 65.1. The topological polar surface area (TPSA) is 632 Å². The van der Waals surface area contributed by atoms with Gasteiger partial charge in [0.25, 0.3) is 11.4 Å². The zero-order valence-corrected chi connectivity index (χ0v) is 47.7. The van der Waals surface area contributed by atoms with Gasteiger partial charge in [-0.25, -0.2) is 13.1 Å². The van der Waals surface area contributed by atoms with Crippen LogP contribution in [-0.2, 0) is 62.8 Å². The average Bonchev–Trinajstić information content (AvgIpc) is 3.35. The summed E-state index contributed by atoms with van der Waals surface area (Å²) < 4.78 is 28.9. The summed E-state index contributed by atoms with van der Waals surface area (Å²) in [4.78, 5) is 172. The van der Waals surface area contributed by atoms with Gasteiger partial charge in [-0.15, -0.1) is 0 Å². The smallest absolute Gasteiger partial charge is 0.305 e. The Morgan fingerprint density at radius 3 is 1.32 bits per heavy atom. The van der Waals surface area contributed by atoms with Gasteiger partial charge in [-0.1, -0.05) is 27.7 Å². The number of guanidine groups is 2. The second kappa shape index (κ2) is 35.6. The van der Waals surface area contributed by atoms with Crippen molar-refractivity contribution in [3.05, 3.63) is 38.4 Å². The summed E-state index contributed by atoms with van der Waals surface area (Å²) in [6.45, 7) is 4.96. The molecule has 0 aromatic heterocycles. The lowest BCUT2D eigenvalue weighted by Crippen LogP contribution is -2.62. The van der Waals surface area contributed by atoms with E-state index in [0.717, 1.165) is 6.92 Å². The van der Waals surface area contributed by atoms with E-state index in [2.05, 4.69) is 47.2 Å². The largest absolute Gasteiger partial charge is 0.481 e. The lowest BCUT2D eigenvalue weighted by atomic mass is 10.0. The van der Waals surface area contributed by atoms with Crippen LogP contribution in [0.4, 0.5) is 11.4 Å². The number of carbonyl (C=O) groups excluding carboxylic acids is 9. The summed E-state index contributed by atoms with van der Waals surface area (Å²) in [5, 5.41) is 70.6. The first kappa shape index (κ1) is 73.6. The number of amides is 9. The number of sulfonamides is 1. The lowest BCUT2D eigenvalue weighted by Gasteiger charge is -2.28. The van der Waals surface area contributed by atoms with Gasteiger partial charge in [0.1, 0.15) is 48.3 Å². The summed E-state index contributed by atoms with van der Waals surface area (Å²) in [7, 11) is -5.17. The number of rotatable bonds is 39. The van der Waals surface area contributed by atoms with Crippen LogP contribution in [0.2, 0.25) is 0 Å². The molecule has 85 heavy (non-hydrogen) atoms. The number of nitrogens with one attached hydrogen (secondary N) is 9. The molecule has 0 aliphatic heterocycles. The number of aliphatic hydroxyl groups is 1. The third kappa shape index (κ3) is 27.5. The van der Waals surface area contributed by atoms with Crippen molar-refractivity contribution in [2.75, 3.05) is 26.2 Å². The Morgan fingerprint density at radius 1 is 0.553 bits per heavy atom. The summed E-state index contributed by atoms with van der Waals surface area (Å²) in [5.41, 5.74) is 24.6. The van der Waals surface area contributed by atoms with E-state index in [1.807, 2.05) is 10.0 Å². The molecule has 1 aromatic rings. The number of carboxylic acids is 2. The number of hydrogen-bond acceptors (Lipinski definition) is 20. The Morgan fingerprint density at radius 2 is 0.929 bits per heavy atom. The lowest BCUT2D eigenvalue weighted by molar-refractivity contribution is -0.396. The highest BCUT2D eigenvalue weighted by atomic mass is 32.2. The van der Waals surface area contributed by atoms with Gasteiger partial charge in [0, 0.05) is 32.6 Å². The second-order valence-electron chi connectivity index (χ2n) is 19.6. The summed E-state index contributed by atoms with van der Waals surface area (Å²) in [5.74, 6) is -15.7. The molecule has 0 aliphatic carbocycles. The fraction of sp³-hybridized carbons (Fsp3) is 0.587. The van der Waals surface area contributed by atoms with Gasteiger partial charge in [-0.05, 0) is 56.4 Å². The molecule has 0 bridgehead atoms. The molecule has 0 spiro atoms. The monoisotopic (exact) mass is 1230 g/mol. The number of benzene rings is 1. The van der Waals surface area contributed by atoms with Crippen molar-refractivity contribution < 1.29 is 86.3 Å². The number of carboxylic acid groups (broad SMARTS) is 2. The molecule has 1 rings (SSSR count). The molecule has 39 heteroatoms. The van der Waals surface area contributed by atoms with Crippen molar-refractivity contribution in [2.45, 2.75) is 139 Å². The summed E-state index contributed by atoms with van der Waals surface area (Å²) >= 11 is 0. The summed E-state index contributed by atoms with van der Waals surface area (Å²) in [6, 6.07) is -13.1. The van der Waals surface area contributed by atoms with E-state index in [-0.39, 0.29) is 69.5 Å². The maximum atomic E-state index is 14.1. The molecule has 1 unspecified atom stereocenters. The molecular weight excluding hydrogens is 1160 g/mol. The van der Waals surface area contributed by atoms with Crippen LogP contribution in [0, 0.1) is 32.1 Å². The van der Waals surface area contributed by atoms with Crippen LogP contribution in [0.3, 0.4) is 0 Å². The standard InChI is InChI=1S/C46H74N18O20S/c1-21(2)14-27(39(73)56-25(37(47)71)8-6-12-52-45(48)49)58-44(78)32(20-65)62-42(76)30(18-36(69)70)59-40(74)28(15-22(3)4)57-41(75)29(17-35(67)68)60-43(77)31(61-38(72)26(55-23(5)66)9-7-13-53-46(50)51)19-54-85(83,84)34-11-10-24(63(79)80)16-33(34)64(81)82/h10-11,16,21-22,25-32,54,65H,6-9,12-15,17-20H2,1-5H3,(H2,47,71)(H,55,66)(H,56,73)(H,57,75)(H,58,78)(H,59,74)(H,60,77)(H,61,72)(H,62,76)(H,67,68)(H,69,70)(H4,48,49,52)(H4,50,51,53)/t25-,26-,27-,28-,29-,30-,31?,32-/m0/s1. The number of non-ortho nitro benzene ring substituents is 1. The first-order valence-electron chi connectivity index (χ1n) is 25.8. The predicted octanol–water partition coefficient (Wildman–Crippen LogP) is -6.69.